The number of benzene rings is 2. The first-order valence-corrected chi connectivity index (χ1v) is 9.05. The molecule has 128 valence electrons. The van der Waals surface area contributed by atoms with Crippen LogP contribution in [0.5, 0.6) is 0 Å². The molecule has 2 aromatic carbocycles. The van der Waals surface area contributed by atoms with Gasteiger partial charge in [0.05, 0.1) is 10.6 Å². The Labute approximate surface area is 155 Å². The molecule has 1 amide bonds. The van der Waals surface area contributed by atoms with E-state index >= 15 is 0 Å². The Morgan fingerprint density at radius 2 is 1.68 bits per heavy atom. The number of nitrogens with one attached hydrogen (secondary N) is 1. The van der Waals surface area contributed by atoms with Gasteiger partial charge >= 0.3 is 0 Å². The number of halogens is 1. The number of nitrogens with zero attached hydrogens (tertiary/aromatic N) is 2. The van der Waals surface area contributed by atoms with Crippen molar-refractivity contribution in [3.63, 3.8) is 0 Å². The zero-order valence-electron chi connectivity index (χ0n) is 14.5. The Kier molecular flexibility index (Phi) is 4.88. The van der Waals surface area contributed by atoms with Crippen molar-refractivity contribution in [1.82, 2.24) is 10.2 Å². The Balaban J connectivity index is 1.92. The van der Waals surface area contributed by atoms with Crippen LogP contribution >= 0.6 is 22.9 Å². The minimum Gasteiger partial charge on any atom is -0.296 e. The van der Waals surface area contributed by atoms with Crippen molar-refractivity contribution in [2.24, 2.45) is 0 Å². The van der Waals surface area contributed by atoms with Gasteiger partial charge in [0.25, 0.3) is 5.91 Å². The van der Waals surface area contributed by atoms with E-state index in [0.29, 0.717) is 15.7 Å². The van der Waals surface area contributed by atoms with E-state index in [4.69, 9.17) is 11.6 Å². The smallest absolute Gasteiger partial charge is 0.259 e. The Hall–Kier alpha value is -2.24. The maximum atomic E-state index is 12.4. The van der Waals surface area contributed by atoms with Crippen LogP contribution in [0.4, 0.5) is 5.13 Å². The maximum absolute atomic E-state index is 12.4. The van der Waals surface area contributed by atoms with Gasteiger partial charge in [-0.05, 0) is 62.1 Å². The van der Waals surface area contributed by atoms with E-state index < -0.39 is 0 Å². The van der Waals surface area contributed by atoms with Crippen molar-refractivity contribution in [3.05, 3.63) is 63.2 Å². The van der Waals surface area contributed by atoms with E-state index in [1.165, 1.54) is 33.6 Å². The highest BCUT2D eigenvalue weighted by atomic mass is 35.5. The second kappa shape index (κ2) is 6.94. The Morgan fingerprint density at radius 1 is 1.04 bits per heavy atom. The molecule has 0 radical (unpaired) electrons. The van der Waals surface area contributed by atoms with Crippen molar-refractivity contribution in [1.29, 1.82) is 0 Å². The molecule has 0 unspecified atom stereocenters. The summed E-state index contributed by atoms with van der Waals surface area (Å²) in [6.07, 6.45) is 0. The lowest BCUT2D eigenvalue weighted by Gasteiger charge is -2.12. The lowest BCUT2D eigenvalue weighted by molar-refractivity contribution is 0.102. The number of amides is 1. The van der Waals surface area contributed by atoms with Crippen LogP contribution in [0, 0.1) is 27.7 Å². The molecule has 0 aliphatic heterocycles. The number of aryl methyl sites for hydroxylation is 2. The molecule has 1 heterocycles. The largest absolute Gasteiger partial charge is 0.296 e. The summed E-state index contributed by atoms with van der Waals surface area (Å²) in [4.78, 5) is 12.4. The first-order chi connectivity index (χ1) is 11.9. The van der Waals surface area contributed by atoms with Gasteiger partial charge in [0.15, 0.2) is 0 Å². The van der Waals surface area contributed by atoms with Crippen molar-refractivity contribution in [3.8, 4) is 10.6 Å². The molecule has 3 rings (SSSR count). The zero-order chi connectivity index (χ0) is 18.1. The lowest BCUT2D eigenvalue weighted by Crippen LogP contribution is -2.12. The van der Waals surface area contributed by atoms with Gasteiger partial charge in [-0.3, -0.25) is 10.1 Å². The molecule has 1 N–H and O–H groups in total. The van der Waals surface area contributed by atoms with Gasteiger partial charge in [0, 0.05) is 5.56 Å². The highest BCUT2D eigenvalue weighted by molar-refractivity contribution is 7.18. The van der Waals surface area contributed by atoms with E-state index in [1.807, 2.05) is 0 Å². The van der Waals surface area contributed by atoms with Gasteiger partial charge in [0.2, 0.25) is 5.13 Å². The SMILES string of the molecule is Cc1cc(C)c(C)c(-c2nnc(NC(=O)c3ccccc3Cl)s2)c1C. The average molecular weight is 372 g/mol. The first-order valence-electron chi connectivity index (χ1n) is 7.85. The van der Waals surface area contributed by atoms with Crippen molar-refractivity contribution in [2.75, 3.05) is 5.32 Å². The first kappa shape index (κ1) is 17.6. The molecule has 1 aromatic heterocycles. The van der Waals surface area contributed by atoms with E-state index in [-0.39, 0.29) is 5.91 Å². The van der Waals surface area contributed by atoms with Crippen LogP contribution in [0.25, 0.3) is 10.6 Å². The van der Waals surface area contributed by atoms with Crippen molar-refractivity contribution in [2.45, 2.75) is 27.7 Å². The predicted octanol–water partition coefficient (Wildman–Crippen LogP) is 5.34. The van der Waals surface area contributed by atoms with Gasteiger partial charge in [-0.15, -0.1) is 10.2 Å². The number of hydrogen-bond donors (Lipinski definition) is 1. The maximum Gasteiger partial charge on any atom is 0.259 e. The van der Waals surface area contributed by atoms with Crippen LogP contribution in [0.3, 0.4) is 0 Å². The third kappa shape index (κ3) is 3.43. The van der Waals surface area contributed by atoms with Crippen LogP contribution in [0.1, 0.15) is 32.6 Å². The standard InChI is InChI=1S/C19H18ClN3OS/c1-10-9-11(2)13(4)16(12(10)3)18-22-23-19(25-18)21-17(24)14-7-5-6-8-15(14)20/h5-9H,1-4H3,(H,21,23,24). The Morgan fingerprint density at radius 3 is 2.32 bits per heavy atom. The highest BCUT2D eigenvalue weighted by Gasteiger charge is 2.17. The zero-order valence-corrected chi connectivity index (χ0v) is 16.0. The number of rotatable bonds is 3. The minimum absolute atomic E-state index is 0.290. The summed E-state index contributed by atoms with van der Waals surface area (Å²) in [6, 6.07) is 9.10. The van der Waals surface area contributed by atoms with Crippen molar-refractivity contribution >= 4 is 34.0 Å². The molecule has 3 aromatic rings. The second-order valence-electron chi connectivity index (χ2n) is 5.98. The molecule has 0 saturated heterocycles. The molecular weight excluding hydrogens is 354 g/mol. The number of carbonyl (C=O) groups excluding carboxylic acids is 1. The normalized spacial score (nSPS) is 10.8. The lowest BCUT2D eigenvalue weighted by atomic mass is 9.95. The number of aromatic nitrogens is 2. The summed E-state index contributed by atoms with van der Waals surface area (Å²) in [5.41, 5.74) is 6.31. The quantitative estimate of drug-likeness (QED) is 0.675. The molecule has 0 bridgehead atoms. The summed E-state index contributed by atoms with van der Waals surface area (Å²) in [7, 11) is 0. The molecule has 0 spiro atoms. The minimum atomic E-state index is -0.290. The summed E-state index contributed by atoms with van der Waals surface area (Å²) < 4.78 is 0. The van der Waals surface area contributed by atoms with Gasteiger partial charge < -0.3 is 0 Å². The predicted molar refractivity (Wildman–Crippen MR) is 104 cm³/mol. The van der Waals surface area contributed by atoms with Crippen LogP contribution in [-0.2, 0) is 0 Å². The topological polar surface area (TPSA) is 54.9 Å². The number of carbonyl (C=O) groups is 1. The fraction of sp³-hybridized carbons (Fsp3) is 0.211. The molecule has 6 heteroatoms. The fourth-order valence-corrected chi connectivity index (χ4v) is 3.84. The van der Waals surface area contributed by atoms with Gasteiger partial charge in [-0.25, -0.2) is 0 Å². The molecule has 4 nitrogen and oxygen atoms in total. The highest BCUT2D eigenvalue weighted by Crippen LogP contribution is 2.34. The monoisotopic (exact) mass is 371 g/mol. The van der Waals surface area contributed by atoms with Gasteiger partial charge in [-0.1, -0.05) is 41.1 Å². The van der Waals surface area contributed by atoms with Gasteiger partial charge in [0.1, 0.15) is 5.01 Å². The van der Waals surface area contributed by atoms with E-state index in [9.17, 15) is 4.79 Å². The molecule has 0 saturated carbocycles. The molecular formula is C19H18ClN3OS. The molecule has 0 aliphatic rings. The van der Waals surface area contributed by atoms with Crippen LogP contribution in [-0.4, -0.2) is 16.1 Å². The van der Waals surface area contributed by atoms with E-state index in [1.54, 1.807) is 24.3 Å². The number of anilines is 1. The fourth-order valence-electron chi connectivity index (χ4n) is 2.72. The second-order valence-corrected chi connectivity index (χ2v) is 7.37. The molecule has 0 fully saturated rings. The third-order valence-electron chi connectivity index (χ3n) is 4.34. The van der Waals surface area contributed by atoms with E-state index in [0.717, 1.165) is 10.6 Å². The summed E-state index contributed by atoms with van der Waals surface area (Å²) >= 11 is 7.43. The molecule has 0 aliphatic carbocycles. The summed E-state index contributed by atoms with van der Waals surface area (Å²) in [5, 5.41) is 12.8. The van der Waals surface area contributed by atoms with Crippen LogP contribution in [0.15, 0.2) is 30.3 Å². The average Bonchev–Trinajstić information content (AvgIpc) is 3.01. The van der Waals surface area contributed by atoms with Crippen molar-refractivity contribution < 1.29 is 4.79 Å². The van der Waals surface area contributed by atoms with E-state index in [2.05, 4.69) is 49.3 Å². The third-order valence-corrected chi connectivity index (χ3v) is 5.53. The molecule has 0 atom stereocenters. The Bertz CT molecular complexity index is 939. The summed E-state index contributed by atoms with van der Waals surface area (Å²) in [6.45, 7) is 8.35. The van der Waals surface area contributed by atoms with Crippen LogP contribution < -0.4 is 5.32 Å². The summed E-state index contributed by atoms with van der Waals surface area (Å²) in [5.74, 6) is -0.290. The number of hydrogen-bond acceptors (Lipinski definition) is 4. The van der Waals surface area contributed by atoms with Gasteiger partial charge in [-0.2, -0.15) is 0 Å². The van der Waals surface area contributed by atoms with Crippen LogP contribution in [0.2, 0.25) is 5.02 Å². The molecule has 25 heavy (non-hydrogen) atoms.